The van der Waals surface area contributed by atoms with Crippen molar-refractivity contribution in [1.82, 2.24) is 15.0 Å². The third-order valence-electron chi connectivity index (χ3n) is 3.78. The van der Waals surface area contributed by atoms with E-state index < -0.39 is 12.1 Å². The molecule has 7 heteroatoms. The zero-order valence-electron chi connectivity index (χ0n) is 11.8. The molecule has 2 heterocycles. The number of piperidine rings is 1. The lowest BCUT2D eigenvalue weighted by molar-refractivity contribution is -0.188. The van der Waals surface area contributed by atoms with Crippen LogP contribution in [0, 0.1) is 5.92 Å². The first-order valence-electron chi connectivity index (χ1n) is 7.05. The molecule has 1 aromatic rings. The molecule has 2 atom stereocenters. The van der Waals surface area contributed by atoms with Crippen LogP contribution >= 0.6 is 0 Å². The number of halogens is 3. The van der Waals surface area contributed by atoms with Crippen LogP contribution in [0.15, 0.2) is 4.52 Å². The maximum atomic E-state index is 12.8. The van der Waals surface area contributed by atoms with E-state index in [4.69, 9.17) is 4.52 Å². The third kappa shape index (κ3) is 3.50. The van der Waals surface area contributed by atoms with Crippen molar-refractivity contribution in [1.29, 1.82) is 0 Å². The average molecular weight is 291 g/mol. The summed E-state index contributed by atoms with van der Waals surface area (Å²) in [6.45, 7) is 4.48. The van der Waals surface area contributed by atoms with Gasteiger partial charge in [-0.3, -0.25) is 4.90 Å². The van der Waals surface area contributed by atoms with E-state index in [1.165, 1.54) is 0 Å². The number of rotatable bonds is 4. The van der Waals surface area contributed by atoms with Gasteiger partial charge in [0.15, 0.2) is 5.82 Å². The van der Waals surface area contributed by atoms with Gasteiger partial charge in [-0.15, -0.1) is 0 Å². The van der Waals surface area contributed by atoms with E-state index in [-0.39, 0.29) is 19.0 Å². The Morgan fingerprint density at radius 3 is 2.85 bits per heavy atom. The highest BCUT2D eigenvalue weighted by Crippen LogP contribution is 2.35. The van der Waals surface area contributed by atoms with Gasteiger partial charge in [0, 0.05) is 13.0 Å². The van der Waals surface area contributed by atoms with E-state index in [1.54, 1.807) is 4.90 Å². The van der Waals surface area contributed by atoms with Crippen molar-refractivity contribution in [3.63, 3.8) is 0 Å². The lowest BCUT2D eigenvalue weighted by atomic mass is 9.96. The molecular weight excluding hydrogens is 271 g/mol. The van der Waals surface area contributed by atoms with E-state index in [0.29, 0.717) is 24.7 Å². The Hall–Kier alpha value is -1.11. The Balaban J connectivity index is 2.02. The minimum absolute atomic E-state index is 0.0101. The SMILES string of the molecule is CCCc1noc([C@H](C)N2CCC[C@H](C(F)(F)F)C2)n1. The van der Waals surface area contributed by atoms with Crippen LogP contribution in [0.4, 0.5) is 13.2 Å². The molecule has 114 valence electrons. The molecule has 4 nitrogen and oxygen atoms in total. The number of hydrogen-bond acceptors (Lipinski definition) is 4. The quantitative estimate of drug-likeness (QED) is 0.853. The number of hydrogen-bond donors (Lipinski definition) is 0. The van der Waals surface area contributed by atoms with Crippen LogP contribution in [-0.4, -0.2) is 34.3 Å². The van der Waals surface area contributed by atoms with E-state index in [0.717, 1.165) is 12.8 Å². The molecule has 0 bridgehead atoms. The lowest BCUT2D eigenvalue weighted by Gasteiger charge is -2.36. The first-order chi connectivity index (χ1) is 9.41. The summed E-state index contributed by atoms with van der Waals surface area (Å²) in [5.74, 6) is -0.216. The molecule has 1 aliphatic heterocycles. The van der Waals surface area contributed by atoms with Crippen molar-refractivity contribution in [2.75, 3.05) is 13.1 Å². The van der Waals surface area contributed by atoms with Gasteiger partial charge in [-0.25, -0.2) is 0 Å². The first kappa shape index (κ1) is 15.3. The number of likely N-dealkylation sites (tertiary alicyclic amines) is 1. The highest BCUT2D eigenvalue weighted by molar-refractivity contribution is 4.94. The highest BCUT2D eigenvalue weighted by atomic mass is 19.4. The summed E-state index contributed by atoms with van der Waals surface area (Å²) in [7, 11) is 0. The van der Waals surface area contributed by atoms with Gasteiger partial charge in [0.2, 0.25) is 5.89 Å². The van der Waals surface area contributed by atoms with Gasteiger partial charge in [-0.05, 0) is 32.7 Å². The van der Waals surface area contributed by atoms with Crippen LogP contribution in [0.3, 0.4) is 0 Å². The molecule has 0 amide bonds. The van der Waals surface area contributed by atoms with Crippen molar-refractivity contribution in [3.8, 4) is 0 Å². The second-order valence-electron chi connectivity index (χ2n) is 5.35. The maximum Gasteiger partial charge on any atom is 0.393 e. The zero-order chi connectivity index (χ0) is 14.8. The van der Waals surface area contributed by atoms with Crippen molar-refractivity contribution < 1.29 is 17.7 Å². The smallest absolute Gasteiger partial charge is 0.338 e. The van der Waals surface area contributed by atoms with E-state index in [9.17, 15) is 13.2 Å². The molecule has 1 aromatic heterocycles. The second-order valence-corrected chi connectivity index (χ2v) is 5.35. The topological polar surface area (TPSA) is 42.2 Å². The molecule has 0 radical (unpaired) electrons. The minimum atomic E-state index is -4.12. The first-order valence-corrected chi connectivity index (χ1v) is 7.05. The molecule has 0 unspecified atom stereocenters. The van der Waals surface area contributed by atoms with Gasteiger partial charge in [0.25, 0.3) is 0 Å². The zero-order valence-corrected chi connectivity index (χ0v) is 11.8. The second kappa shape index (κ2) is 6.11. The summed E-state index contributed by atoms with van der Waals surface area (Å²) < 4.78 is 43.6. The van der Waals surface area contributed by atoms with Crippen LogP contribution in [0.2, 0.25) is 0 Å². The van der Waals surface area contributed by atoms with Gasteiger partial charge in [0.05, 0.1) is 12.0 Å². The Morgan fingerprint density at radius 1 is 1.45 bits per heavy atom. The van der Waals surface area contributed by atoms with E-state index in [2.05, 4.69) is 10.1 Å². The summed E-state index contributed by atoms with van der Waals surface area (Å²) in [5, 5.41) is 3.85. The van der Waals surface area contributed by atoms with Gasteiger partial charge in [-0.2, -0.15) is 18.2 Å². The molecule has 0 N–H and O–H groups in total. The van der Waals surface area contributed by atoms with Crippen molar-refractivity contribution in [2.45, 2.75) is 51.7 Å². The summed E-state index contributed by atoms with van der Waals surface area (Å²) >= 11 is 0. The molecule has 1 aliphatic rings. The summed E-state index contributed by atoms with van der Waals surface area (Å²) in [6, 6.07) is -0.266. The van der Waals surface area contributed by atoms with E-state index in [1.807, 2.05) is 13.8 Å². The number of aryl methyl sites for hydroxylation is 1. The van der Waals surface area contributed by atoms with Gasteiger partial charge in [0.1, 0.15) is 0 Å². The van der Waals surface area contributed by atoms with Crippen LogP contribution < -0.4 is 0 Å². The fourth-order valence-corrected chi connectivity index (χ4v) is 2.54. The Kier molecular flexibility index (Phi) is 4.67. The van der Waals surface area contributed by atoms with Gasteiger partial charge >= 0.3 is 6.18 Å². The summed E-state index contributed by atoms with van der Waals surface area (Å²) in [4.78, 5) is 6.04. The average Bonchev–Trinajstić information content (AvgIpc) is 2.86. The predicted octanol–water partition coefficient (Wildman–Crippen LogP) is 3.36. The number of aromatic nitrogens is 2. The number of alkyl halides is 3. The molecular formula is C13H20F3N3O. The molecule has 20 heavy (non-hydrogen) atoms. The van der Waals surface area contributed by atoms with Crippen LogP contribution in [0.1, 0.15) is 50.9 Å². The standard InChI is InChI=1S/C13H20F3N3O/c1-3-5-11-17-12(20-18-11)9(2)19-7-4-6-10(8-19)13(14,15)16/h9-10H,3-8H2,1-2H3/t9-,10-/m0/s1. The van der Waals surface area contributed by atoms with Gasteiger partial charge in [-0.1, -0.05) is 12.1 Å². The maximum absolute atomic E-state index is 12.8. The highest BCUT2D eigenvalue weighted by Gasteiger charge is 2.43. The molecule has 1 fully saturated rings. The molecule has 0 aromatic carbocycles. The normalized spacial score (nSPS) is 22.9. The van der Waals surface area contributed by atoms with Crippen LogP contribution in [-0.2, 0) is 6.42 Å². The minimum Gasteiger partial charge on any atom is -0.338 e. The van der Waals surface area contributed by atoms with Crippen LogP contribution in [0.5, 0.6) is 0 Å². The van der Waals surface area contributed by atoms with Crippen LogP contribution in [0.25, 0.3) is 0 Å². The van der Waals surface area contributed by atoms with Crippen molar-refractivity contribution >= 4 is 0 Å². The fourth-order valence-electron chi connectivity index (χ4n) is 2.54. The third-order valence-corrected chi connectivity index (χ3v) is 3.78. The van der Waals surface area contributed by atoms with Crippen molar-refractivity contribution in [2.24, 2.45) is 5.92 Å². The Labute approximate surface area is 116 Å². The molecule has 1 saturated heterocycles. The largest absolute Gasteiger partial charge is 0.393 e. The number of nitrogens with zero attached hydrogens (tertiary/aromatic N) is 3. The summed E-state index contributed by atoms with van der Waals surface area (Å²) in [6.07, 6.45) is -1.74. The molecule has 0 spiro atoms. The predicted molar refractivity (Wildman–Crippen MR) is 67.1 cm³/mol. The molecule has 0 aliphatic carbocycles. The Morgan fingerprint density at radius 2 is 2.20 bits per heavy atom. The molecule has 2 rings (SSSR count). The fraction of sp³-hybridized carbons (Fsp3) is 0.846. The Bertz CT molecular complexity index is 433. The molecule has 0 saturated carbocycles. The van der Waals surface area contributed by atoms with Gasteiger partial charge < -0.3 is 4.52 Å². The lowest BCUT2D eigenvalue weighted by Crippen LogP contribution is -2.42. The van der Waals surface area contributed by atoms with E-state index >= 15 is 0 Å². The van der Waals surface area contributed by atoms with Crippen molar-refractivity contribution in [3.05, 3.63) is 11.7 Å². The monoisotopic (exact) mass is 291 g/mol. The summed E-state index contributed by atoms with van der Waals surface area (Å²) in [5.41, 5.74) is 0.